The van der Waals surface area contributed by atoms with Crippen LogP contribution in [0.1, 0.15) is 55.4 Å². The Bertz CT molecular complexity index is 1370. The van der Waals surface area contributed by atoms with Crippen molar-refractivity contribution in [2.75, 3.05) is 13.1 Å². The lowest BCUT2D eigenvalue weighted by Crippen LogP contribution is -2.44. The number of piperidine rings is 1. The van der Waals surface area contributed by atoms with E-state index in [4.69, 9.17) is 5.10 Å². The van der Waals surface area contributed by atoms with Gasteiger partial charge in [0.25, 0.3) is 5.91 Å². The fourth-order valence-corrected chi connectivity index (χ4v) is 4.65. The molecule has 3 heterocycles. The summed E-state index contributed by atoms with van der Waals surface area (Å²) in [6.07, 6.45) is 1.75. The van der Waals surface area contributed by atoms with Gasteiger partial charge in [-0.25, -0.2) is 13.9 Å². The number of amides is 1. The molecule has 5 rings (SSSR count). The van der Waals surface area contributed by atoms with Crippen LogP contribution in [0, 0.1) is 5.82 Å². The first-order valence-corrected chi connectivity index (χ1v) is 12.5. The molecule has 186 valence electrons. The molecule has 4 aromatic rings. The van der Waals surface area contributed by atoms with Crippen LogP contribution in [-0.2, 0) is 12.0 Å². The highest BCUT2D eigenvalue weighted by molar-refractivity contribution is 5.94. The number of likely N-dealkylation sites (tertiary alicyclic amines) is 1. The molecule has 1 aliphatic rings. The van der Waals surface area contributed by atoms with Crippen molar-refractivity contribution in [2.45, 2.75) is 51.6 Å². The molecule has 0 unspecified atom stereocenters. The predicted octanol–water partition coefficient (Wildman–Crippen LogP) is 5.23. The second-order valence-electron chi connectivity index (χ2n) is 10.6. The van der Waals surface area contributed by atoms with Crippen molar-refractivity contribution < 1.29 is 9.18 Å². The topological polar surface area (TPSA) is 62.5 Å². The van der Waals surface area contributed by atoms with Crippen LogP contribution in [0.2, 0.25) is 0 Å². The van der Waals surface area contributed by atoms with E-state index in [1.54, 1.807) is 28.8 Å². The molecule has 0 saturated carbocycles. The van der Waals surface area contributed by atoms with Gasteiger partial charge in [-0.3, -0.25) is 9.69 Å². The fraction of sp³-hybridized carbons (Fsp3) is 0.345. The molecule has 7 heteroatoms. The molecule has 1 fully saturated rings. The van der Waals surface area contributed by atoms with Crippen LogP contribution < -0.4 is 5.32 Å². The molecule has 2 aromatic carbocycles. The number of hydrogen-bond acceptors (Lipinski definition) is 4. The standard InChI is InChI=1S/C29H32FN5O/c1-29(2,3)26-18-27-32-24(22-11-7-8-12-23(22)30)17-25(35(27)33-26)28(36)31-21-13-15-34(16-14-21)19-20-9-5-4-6-10-20/h4-12,17-18,21H,13-16,19H2,1-3H3,(H,31,36). The van der Waals surface area contributed by atoms with Gasteiger partial charge in [0.1, 0.15) is 11.5 Å². The van der Waals surface area contributed by atoms with E-state index in [2.05, 4.69) is 60.2 Å². The Hall–Kier alpha value is -3.58. The molecule has 0 spiro atoms. The van der Waals surface area contributed by atoms with E-state index in [0.29, 0.717) is 22.6 Å². The maximum Gasteiger partial charge on any atom is 0.270 e. The Kier molecular flexibility index (Phi) is 6.58. The number of carbonyl (C=O) groups is 1. The zero-order chi connectivity index (χ0) is 25.3. The third kappa shape index (κ3) is 5.16. The first kappa shape index (κ1) is 24.1. The number of aromatic nitrogens is 3. The van der Waals surface area contributed by atoms with Gasteiger partial charge in [0.2, 0.25) is 0 Å². The second kappa shape index (κ2) is 9.82. The predicted molar refractivity (Wildman–Crippen MR) is 139 cm³/mol. The SMILES string of the molecule is CC(C)(C)c1cc2nc(-c3ccccc3F)cc(C(=O)NC3CCN(Cc4ccccc4)CC3)n2n1. The second-order valence-corrected chi connectivity index (χ2v) is 10.6. The first-order valence-electron chi connectivity index (χ1n) is 12.5. The summed E-state index contributed by atoms with van der Waals surface area (Å²) in [4.78, 5) is 20.6. The summed E-state index contributed by atoms with van der Waals surface area (Å²) in [6.45, 7) is 8.95. The van der Waals surface area contributed by atoms with Crippen molar-refractivity contribution in [1.29, 1.82) is 0 Å². The zero-order valence-electron chi connectivity index (χ0n) is 21.0. The van der Waals surface area contributed by atoms with Gasteiger partial charge in [-0.2, -0.15) is 5.10 Å². The Morgan fingerprint density at radius 2 is 1.72 bits per heavy atom. The van der Waals surface area contributed by atoms with Crippen LogP contribution in [0.3, 0.4) is 0 Å². The summed E-state index contributed by atoms with van der Waals surface area (Å²) in [7, 11) is 0. The Labute approximate surface area is 211 Å². The van der Waals surface area contributed by atoms with Crippen molar-refractivity contribution in [1.82, 2.24) is 24.8 Å². The van der Waals surface area contributed by atoms with Gasteiger partial charge in [-0.15, -0.1) is 0 Å². The lowest BCUT2D eigenvalue weighted by Gasteiger charge is -2.32. The van der Waals surface area contributed by atoms with Gasteiger partial charge in [0.05, 0.1) is 11.4 Å². The number of nitrogens with one attached hydrogen (secondary N) is 1. The Morgan fingerprint density at radius 3 is 2.42 bits per heavy atom. The molecule has 1 saturated heterocycles. The number of halogens is 1. The molecule has 0 bridgehead atoms. The average molecular weight is 486 g/mol. The third-order valence-electron chi connectivity index (χ3n) is 6.75. The average Bonchev–Trinajstić information content (AvgIpc) is 3.31. The molecular formula is C29H32FN5O. The van der Waals surface area contributed by atoms with E-state index >= 15 is 0 Å². The fourth-order valence-electron chi connectivity index (χ4n) is 4.65. The van der Waals surface area contributed by atoms with Crippen molar-refractivity contribution in [3.63, 3.8) is 0 Å². The first-order chi connectivity index (χ1) is 17.3. The zero-order valence-corrected chi connectivity index (χ0v) is 21.0. The quantitative estimate of drug-likeness (QED) is 0.421. The van der Waals surface area contributed by atoms with Crippen LogP contribution in [0.25, 0.3) is 16.9 Å². The molecule has 0 atom stereocenters. The molecule has 1 aliphatic heterocycles. The number of fused-ring (bicyclic) bond motifs is 1. The summed E-state index contributed by atoms with van der Waals surface area (Å²) >= 11 is 0. The van der Waals surface area contributed by atoms with Crippen molar-refractivity contribution >= 4 is 11.6 Å². The van der Waals surface area contributed by atoms with Crippen molar-refractivity contribution in [3.05, 3.63) is 89.5 Å². The van der Waals surface area contributed by atoms with E-state index in [0.717, 1.165) is 38.2 Å². The molecule has 2 aromatic heterocycles. The summed E-state index contributed by atoms with van der Waals surface area (Å²) in [5.41, 5.74) is 3.58. The van der Waals surface area contributed by atoms with Gasteiger partial charge in [-0.1, -0.05) is 63.2 Å². The number of carbonyl (C=O) groups excluding carboxylic acids is 1. The summed E-state index contributed by atoms with van der Waals surface area (Å²) in [5.74, 6) is -0.591. The molecule has 1 amide bonds. The largest absolute Gasteiger partial charge is 0.348 e. The normalized spacial score (nSPS) is 15.3. The van der Waals surface area contributed by atoms with Crippen LogP contribution >= 0.6 is 0 Å². The highest BCUT2D eigenvalue weighted by atomic mass is 19.1. The molecule has 0 radical (unpaired) electrons. The molecule has 6 nitrogen and oxygen atoms in total. The van der Waals surface area contributed by atoms with E-state index in [1.165, 1.54) is 11.6 Å². The van der Waals surface area contributed by atoms with Gasteiger partial charge in [0.15, 0.2) is 5.65 Å². The van der Waals surface area contributed by atoms with Crippen molar-refractivity contribution in [3.8, 4) is 11.3 Å². The van der Waals surface area contributed by atoms with Crippen LogP contribution in [0.5, 0.6) is 0 Å². The maximum atomic E-state index is 14.6. The lowest BCUT2D eigenvalue weighted by atomic mass is 9.93. The number of hydrogen-bond donors (Lipinski definition) is 1. The van der Waals surface area contributed by atoms with E-state index in [-0.39, 0.29) is 23.2 Å². The highest BCUT2D eigenvalue weighted by Crippen LogP contribution is 2.26. The van der Waals surface area contributed by atoms with Gasteiger partial charge in [-0.05, 0) is 36.6 Å². The van der Waals surface area contributed by atoms with Crippen LogP contribution in [0.4, 0.5) is 4.39 Å². The summed E-state index contributed by atoms with van der Waals surface area (Å²) < 4.78 is 16.2. The molecule has 0 aliphatic carbocycles. The minimum absolute atomic E-state index is 0.0716. The van der Waals surface area contributed by atoms with Crippen LogP contribution in [-0.4, -0.2) is 44.5 Å². The van der Waals surface area contributed by atoms with Gasteiger partial charge < -0.3 is 5.32 Å². The molecular weight excluding hydrogens is 453 g/mol. The summed E-state index contributed by atoms with van der Waals surface area (Å²) in [6, 6.07) is 20.5. The van der Waals surface area contributed by atoms with E-state index in [1.807, 2.05) is 12.1 Å². The van der Waals surface area contributed by atoms with E-state index in [9.17, 15) is 9.18 Å². The lowest BCUT2D eigenvalue weighted by molar-refractivity contribution is 0.0901. The molecule has 1 N–H and O–H groups in total. The summed E-state index contributed by atoms with van der Waals surface area (Å²) in [5, 5.41) is 7.91. The smallest absolute Gasteiger partial charge is 0.270 e. The molecule has 36 heavy (non-hydrogen) atoms. The minimum atomic E-state index is -0.373. The van der Waals surface area contributed by atoms with Gasteiger partial charge >= 0.3 is 0 Å². The number of nitrogens with zero attached hydrogens (tertiary/aromatic N) is 4. The number of benzene rings is 2. The monoisotopic (exact) mass is 485 g/mol. The van der Waals surface area contributed by atoms with Crippen molar-refractivity contribution in [2.24, 2.45) is 0 Å². The minimum Gasteiger partial charge on any atom is -0.348 e. The Balaban J connectivity index is 1.38. The maximum absolute atomic E-state index is 14.6. The third-order valence-corrected chi connectivity index (χ3v) is 6.75. The Morgan fingerprint density at radius 1 is 1.03 bits per heavy atom. The number of rotatable bonds is 5. The van der Waals surface area contributed by atoms with Crippen LogP contribution in [0.15, 0.2) is 66.7 Å². The highest BCUT2D eigenvalue weighted by Gasteiger charge is 2.25. The van der Waals surface area contributed by atoms with E-state index < -0.39 is 0 Å². The van der Waals surface area contributed by atoms with Gasteiger partial charge in [0, 0.05) is 42.7 Å².